The van der Waals surface area contributed by atoms with Crippen molar-refractivity contribution in [3.05, 3.63) is 23.1 Å². The van der Waals surface area contributed by atoms with Crippen LogP contribution in [0, 0.1) is 0 Å². The van der Waals surface area contributed by atoms with Crippen molar-refractivity contribution in [2.75, 3.05) is 6.61 Å². The molecule has 16 heavy (non-hydrogen) atoms. The van der Waals surface area contributed by atoms with E-state index in [-0.39, 0.29) is 5.69 Å². The van der Waals surface area contributed by atoms with Crippen LogP contribution in [-0.2, 0) is 11.8 Å². The molecule has 0 radical (unpaired) electrons. The van der Waals surface area contributed by atoms with E-state index in [1.807, 2.05) is 0 Å². The second-order valence-electron chi connectivity index (χ2n) is 3.15. The molecule has 0 saturated heterocycles. The van der Waals surface area contributed by atoms with Crippen LogP contribution in [0.1, 0.15) is 17.4 Å². The molecule has 2 aromatic heterocycles. The first-order chi connectivity index (χ1) is 7.61. The van der Waals surface area contributed by atoms with E-state index in [1.54, 1.807) is 24.9 Å². The molecule has 0 spiro atoms. The van der Waals surface area contributed by atoms with Crippen molar-refractivity contribution in [1.82, 2.24) is 14.7 Å². The van der Waals surface area contributed by atoms with Gasteiger partial charge in [-0.05, 0) is 18.5 Å². The van der Waals surface area contributed by atoms with Gasteiger partial charge in [0.05, 0.1) is 11.8 Å². The van der Waals surface area contributed by atoms with Crippen LogP contribution in [0.25, 0.3) is 5.65 Å². The van der Waals surface area contributed by atoms with Gasteiger partial charge < -0.3 is 4.74 Å². The first kappa shape index (κ1) is 10.8. The first-order valence-corrected chi connectivity index (χ1v) is 5.09. The summed E-state index contributed by atoms with van der Waals surface area (Å²) in [6.07, 6.45) is 1.66. The lowest BCUT2D eigenvalue weighted by molar-refractivity contribution is -0.731. The summed E-state index contributed by atoms with van der Waals surface area (Å²) >= 11 is 5.96. The summed E-state index contributed by atoms with van der Waals surface area (Å²) in [7, 11) is 1.75. The molecule has 6 nitrogen and oxygen atoms in total. The molecule has 0 aliphatic heterocycles. The highest BCUT2D eigenvalue weighted by Crippen LogP contribution is 2.11. The van der Waals surface area contributed by atoms with Crippen molar-refractivity contribution < 1.29 is 14.2 Å². The van der Waals surface area contributed by atoms with Gasteiger partial charge in [-0.1, -0.05) is 4.52 Å². The van der Waals surface area contributed by atoms with E-state index in [0.717, 1.165) is 0 Å². The minimum absolute atomic E-state index is 0.180. The quantitative estimate of drug-likeness (QED) is 0.433. The van der Waals surface area contributed by atoms with Gasteiger partial charge in [0.15, 0.2) is 11.9 Å². The molecule has 0 saturated carbocycles. The topological polar surface area (TPSA) is 60.4 Å². The van der Waals surface area contributed by atoms with Crippen molar-refractivity contribution in [2.45, 2.75) is 6.92 Å². The van der Waals surface area contributed by atoms with Gasteiger partial charge in [-0.2, -0.15) is 4.98 Å². The molecule has 0 aromatic carbocycles. The number of halogens is 1. The van der Waals surface area contributed by atoms with Crippen LogP contribution < -0.4 is 4.68 Å². The minimum atomic E-state index is -0.490. The van der Waals surface area contributed by atoms with Gasteiger partial charge in [-0.25, -0.2) is 4.79 Å². The fourth-order valence-electron chi connectivity index (χ4n) is 1.30. The number of carbonyl (C=O) groups excluding carboxylic acids is 1. The Morgan fingerprint density at radius 2 is 2.44 bits per heavy atom. The van der Waals surface area contributed by atoms with E-state index < -0.39 is 5.97 Å². The molecule has 0 fully saturated rings. The standard InChI is InChI=1S/C9H10ClN4O2/c1-3-16-9(15)6-4-7(10)14-8(11-6)5-13(2)12-14/h4-5H,3H2,1-2H3/q+1. The Kier molecular flexibility index (Phi) is 2.74. The van der Waals surface area contributed by atoms with Gasteiger partial charge in [0.1, 0.15) is 7.05 Å². The van der Waals surface area contributed by atoms with E-state index in [1.165, 1.54) is 10.6 Å². The highest BCUT2D eigenvalue weighted by Gasteiger charge is 2.18. The van der Waals surface area contributed by atoms with E-state index in [4.69, 9.17) is 16.3 Å². The Bertz CT molecular complexity index is 552. The Balaban J connectivity index is 2.53. The Morgan fingerprint density at radius 3 is 3.12 bits per heavy atom. The first-order valence-electron chi connectivity index (χ1n) is 4.71. The highest BCUT2D eigenvalue weighted by atomic mass is 35.5. The number of nitrogens with zero attached hydrogens (tertiary/aromatic N) is 4. The van der Waals surface area contributed by atoms with Crippen LogP contribution in [-0.4, -0.2) is 27.3 Å². The lowest BCUT2D eigenvalue weighted by atomic mass is 10.4. The van der Waals surface area contributed by atoms with Crippen LogP contribution in [0.5, 0.6) is 0 Å². The predicted octanol–water partition coefficient (Wildman–Crippen LogP) is 0.384. The van der Waals surface area contributed by atoms with Crippen LogP contribution in [0.2, 0.25) is 5.15 Å². The van der Waals surface area contributed by atoms with Crippen molar-refractivity contribution in [3.63, 3.8) is 0 Å². The molecule has 0 unspecified atom stereocenters. The van der Waals surface area contributed by atoms with Gasteiger partial charge in [0.25, 0.3) is 5.65 Å². The maximum atomic E-state index is 11.5. The molecule has 7 heteroatoms. The van der Waals surface area contributed by atoms with E-state index >= 15 is 0 Å². The van der Waals surface area contributed by atoms with Gasteiger partial charge in [0.2, 0.25) is 5.15 Å². The number of aromatic nitrogens is 4. The van der Waals surface area contributed by atoms with E-state index in [9.17, 15) is 4.79 Å². The second-order valence-corrected chi connectivity index (χ2v) is 3.53. The number of hydrogen-bond acceptors (Lipinski definition) is 4. The highest BCUT2D eigenvalue weighted by molar-refractivity contribution is 6.30. The zero-order chi connectivity index (χ0) is 11.7. The molecule has 2 heterocycles. The fraction of sp³-hybridized carbons (Fsp3) is 0.333. The van der Waals surface area contributed by atoms with Crippen LogP contribution >= 0.6 is 11.6 Å². The molecule has 2 aromatic rings. The number of carbonyl (C=O) groups is 1. The lowest BCUT2D eigenvalue weighted by Crippen LogP contribution is -2.29. The molecule has 0 atom stereocenters. The summed E-state index contributed by atoms with van der Waals surface area (Å²) in [4.78, 5) is 15.6. The van der Waals surface area contributed by atoms with Crippen LogP contribution in [0.4, 0.5) is 0 Å². The summed E-state index contributed by atoms with van der Waals surface area (Å²) in [5.74, 6) is -0.490. The largest absolute Gasteiger partial charge is 0.461 e. The third-order valence-electron chi connectivity index (χ3n) is 1.93. The summed E-state index contributed by atoms with van der Waals surface area (Å²) < 4.78 is 7.84. The molecule has 0 N–H and O–H groups in total. The maximum Gasteiger partial charge on any atom is 0.357 e. The maximum absolute atomic E-state index is 11.5. The second kappa shape index (κ2) is 4.05. The van der Waals surface area contributed by atoms with Gasteiger partial charge in [-0.15, -0.1) is 4.68 Å². The smallest absolute Gasteiger partial charge is 0.357 e. The van der Waals surface area contributed by atoms with Gasteiger partial charge in [-0.3, -0.25) is 0 Å². The molecule has 0 aliphatic carbocycles. The summed E-state index contributed by atoms with van der Waals surface area (Å²) in [6, 6.07) is 1.43. The van der Waals surface area contributed by atoms with Crippen molar-refractivity contribution in [3.8, 4) is 0 Å². The van der Waals surface area contributed by atoms with Crippen molar-refractivity contribution in [1.29, 1.82) is 0 Å². The molecule has 84 valence electrons. The number of ether oxygens (including phenoxy) is 1. The molecule has 2 rings (SSSR count). The molecule has 0 amide bonds. The van der Waals surface area contributed by atoms with E-state index in [0.29, 0.717) is 17.4 Å². The SMILES string of the molecule is CCOC(=O)c1cc(Cl)n2n[n+](C)cc2n1. The molecule has 0 aliphatic rings. The average Bonchev–Trinajstić information content (AvgIpc) is 2.59. The minimum Gasteiger partial charge on any atom is -0.461 e. The normalized spacial score (nSPS) is 10.7. The number of aryl methyl sites for hydroxylation is 1. The van der Waals surface area contributed by atoms with Crippen molar-refractivity contribution in [2.24, 2.45) is 7.05 Å². The third-order valence-corrected chi connectivity index (χ3v) is 2.20. The number of fused-ring (bicyclic) bond motifs is 1. The monoisotopic (exact) mass is 241 g/mol. The van der Waals surface area contributed by atoms with Gasteiger partial charge >= 0.3 is 5.97 Å². The summed E-state index contributed by atoms with van der Waals surface area (Å²) in [5.41, 5.74) is 0.679. The number of esters is 1. The summed E-state index contributed by atoms with van der Waals surface area (Å²) in [5, 5.41) is 4.36. The zero-order valence-electron chi connectivity index (χ0n) is 8.85. The zero-order valence-corrected chi connectivity index (χ0v) is 9.60. The predicted molar refractivity (Wildman–Crippen MR) is 55.1 cm³/mol. The lowest BCUT2D eigenvalue weighted by Gasteiger charge is -1.99. The van der Waals surface area contributed by atoms with Gasteiger partial charge in [0, 0.05) is 6.07 Å². The van der Waals surface area contributed by atoms with Crippen molar-refractivity contribution >= 4 is 23.2 Å². The number of rotatable bonds is 2. The van der Waals surface area contributed by atoms with E-state index in [2.05, 4.69) is 10.2 Å². The Labute approximate surface area is 96.4 Å². The average molecular weight is 242 g/mol. The number of hydrogen-bond donors (Lipinski definition) is 0. The Morgan fingerprint density at radius 1 is 1.69 bits per heavy atom. The summed E-state index contributed by atoms with van der Waals surface area (Å²) in [6.45, 7) is 2.03. The van der Waals surface area contributed by atoms with Crippen LogP contribution in [0.15, 0.2) is 12.3 Å². The fourth-order valence-corrected chi connectivity index (χ4v) is 1.53. The molecular formula is C9H10ClN4O2+. The van der Waals surface area contributed by atoms with Crippen LogP contribution in [0.3, 0.4) is 0 Å². The molecule has 0 bridgehead atoms. The third kappa shape index (κ3) is 1.83. The Hall–Kier alpha value is -1.69. The molecular weight excluding hydrogens is 232 g/mol.